The zero-order valence-electron chi connectivity index (χ0n) is 20.9. The number of allylic oxidation sites excluding steroid dienone is 4. The molecule has 8 nitrogen and oxygen atoms in total. The summed E-state index contributed by atoms with van der Waals surface area (Å²) in [5.41, 5.74) is 1.89. The van der Waals surface area contributed by atoms with E-state index in [1.807, 2.05) is 0 Å². The molecular formula is C31H25N3O5. The fraction of sp³-hybridized carbons (Fsp3) is 0.323. The van der Waals surface area contributed by atoms with Crippen LogP contribution in [0.3, 0.4) is 0 Å². The minimum absolute atomic E-state index is 0.138. The smallest absolute Gasteiger partial charge is 0.255 e. The third-order valence-electron chi connectivity index (χ3n) is 9.71. The van der Waals surface area contributed by atoms with Crippen molar-refractivity contribution in [2.45, 2.75) is 12.8 Å². The average Bonchev–Trinajstić information content (AvgIpc) is 3.78. The Balaban J connectivity index is 0.952. The van der Waals surface area contributed by atoms with Gasteiger partial charge >= 0.3 is 0 Å². The highest BCUT2D eigenvalue weighted by Gasteiger charge is 2.60. The lowest BCUT2D eigenvalue weighted by molar-refractivity contribution is -0.124. The van der Waals surface area contributed by atoms with E-state index in [0.29, 0.717) is 22.6 Å². The van der Waals surface area contributed by atoms with Crippen molar-refractivity contribution >= 4 is 46.6 Å². The lowest BCUT2D eigenvalue weighted by Crippen LogP contribution is -2.32. The Kier molecular flexibility index (Phi) is 4.55. The van der Waals surface area contributed by atoms with Gasteiger partial charge in [0.2, 0.25) is 23.6 Å². The molecule has 4 bridgehead atoms. The number of benzene rings is 2. The topological polar surface area (TPSA) is 104 Å². The van der Waals surface area contributed by atoms with Crippen molar-refractivity contribution in [3.05, 3.63) is 78.4 Å². The number of anilines is 3. The van der Waals surface area contributed by atoms with Crippen molar-refractivity contribution < 1.29 is 24.0 Å². The summed E-state index contributed by atoms with van der Waals surface area (Å²) in [6, 6.07) is 13.2. The van der Waals surface area contributed by atoms with Crippen molar-refractivity contribution in [3.63, 3.8) is 0 Å². The van der Waals surface area contributed by atoms with Gasteiger partial charge in [0.1, 0.15) is 0 Å². The van der Waals surface area contributed by atoms with Crippen LogP contribution in [0.25, 0.3) is 0 Å². The van der Waals surface area contributed by atoms with Gasteiger partial charge in [-0.25, -0.2) is 0 Å². The van der Waals surface area contributed by atoms with Crippen LogP contribution < -0.4 is 15.1 Å². The van der Waals surface area contributed by atoms with Crippen LogP contribution in [0.1, 0.15) is 23.2 Å². The number of nitrogens with one attached hydrogen (secondary N) is 1. The standard InChI is InChI=1S/C31H25N3O5/c35-27(15-5-9-21(10-6-15)33-28(36)23-16-1-2-17(13-16)24(23)29(33)37)32-20-7-11-22(12-8-20)34-30(38)25-18-3-4-19(14-18)26(25)31(34)39/h1-12,16-19,23-26H,13-14H2,(H,32,35)/t16-,17-,18-,19+,23-,24+,25-,26+/m0/s1. The summed E-state index contributed by atoms with van der Waals surface area (Å²) in [6.45, 7) is 0. The Bertz CT molecular complexity index is 1480. The molecule has 0 spiro atoms. The maximum Gasteiger partial charge on any atom is 0.255 e. The second-order valence-electron chi connectivity index (χ2n) is 11.6. The zero-order chi connectivity index (χ0) is 26.6. The highest BCUT2D eigenvalue weighted by molar-refractivity contribution is 6.23. The first-order valence-electron chi connectivity index (χ1n) is 13.5. The molecule has 2 saturated carbocycles. The molecule has 0 unspecified atom stereocenters. The number of nitrogens with zero attached hydrogens (tertiary/aromatic N) is 2. The second kappa shape index (κ2) is 7.85. The molecule has 2 aliphatic heterocycles. The first-order chi connectivity index (χ1) is 18.9. The molecule has 1 N–H and O–H groups in total. The number of amides is 5. The minimum atomic E-state index is -0.349. The average molecular weight is 520 g/mol. The Morgan fingerprint density at radius 3 is 1.31 bits per heavy atom. The van der Waals surface area contributed by atoms with Crippen LogP contribution in [-0.4, -0.2) is 29.5 Å². The quantitative estimate of drug-likeness (QED) is 0.492. The van der Waals surface area contributed by atoms with Gasteiger partial charge in [0.15, 0.2) is 0 Å². The van der Waals surface area contributed by atoms with Gasteiger partial charge in [-0.1, -0.05) is 24.3 Å². The molecular weight excluding hydrogens is 494 g/mol. The van der Waals surface area contributed by atoms with E-state index in [0.717, 1.165) is 12.8 Å². The van der Waals surface area contributed by atoms with E-state index in [1.54, 1.807) is 48.5 Å². The molecule has 4 fully saturated rings. The number of hydrogen-bond acceptors (Lipinski definition) is 5. The molecule has 2 heterocycles. The Hall–Kier alpha value is -4.33. The number of hydrogen-bond donors (Lipinski definition) is 1. The normalized spacial score (nSPS) is 35.0. The van der Waals surface area contributed by atoms with Crippen molar-refractivity contribution in [1.82, 2.24) is 0 Å². The van der Waals surface area contributed by atoms with Crippen LogP contribution in [0.4, 0.5) is 17.1 Å². The molecule has 39 heavy (non-hydrogen) atoms. The molecule has 6 aliphatic rings. The van der Waals surface area contributed by atoms with Crippen molar-refractivity contribution in [2.24, 2.45) is 47.3 Å². The molecule has 0 radical (unpaired) electrons. The van der Waals surface area contributed by atoms with Gasteiger partial charge in [-0.3, -0.25) is 33.8 Å². The number of imide groups is 2. The second-order valence-corrected chi connectivity index (χ2v) is 11.6. The summed E-state index contributed by atoms with van der Waals surface area (Å²) in [6.07, 6.45) is 10.0. The van der Waals surface area contributed by atoms with Crippen LogP contribution in [-0.2, 0) is 19.2 Å². The van der Waals surface area contributed by atoms with Crippen LogP contribution in [0.15, 0.2) is 72.8 Å². The van der Waals surface area contributed by atoms with E-state index < -0.39 is 0 Å². The zero-order valence-corrected chi connectivity index (χ0v) is 20.9. The van der Waals surface area contributed by atoms with E-state index in [2.05, 4.69) is 29.6 Å². The molecule has 4 aliphatic carbocycles. The van der Waals surface area contributed by atoms with E-state index in [4.69, 9.17) is 0 Å². The first kappa shape index (κ1) is 22.6. The SMILES string of the molecule is O=C(Nc1ccc(N2C(=O)[C@@H]3[C@H](C2=O)[C@@H]2C=C[C@H]3C2)cc1)c1ccc(N2C(=O)[C@@H]3[C@H](C2=O)[C@H]2C=C[C@H]3C2)cc1. The summed E-state index contributed by atoms with van der Waals surface area (Å²) in [7, 11) is 0. The summed E-state index contributed by atoms with van der Waals surface area (Å²) >= 11 is 0. The van der Waals surface area contributed by atoms with Gasteiger partial charge < -0.3 is 5.32 Å². The van der Waals surface area contributed by atoms with Crippen LogP contribution >= 0.6 is 0 Å². The highest BCUT2D eigenvalue weighted by Crippen LogP contribution is 2.54. The number of fused-ring (bicyclic) bond motifs is 10. The van der Waals surface area contributed by atoms with Crippen LogP contribution in [0.2, 0.25) is 0 Å². The van der Waals surface area contributed by atoms with Gasteiger partial charge in [0.25, 0.3) is 5.91 Å². The van der Waals surface area contributed by atoms with E-state index in [1.165, 1.54) is 9.80 Å². The fourth-order valence-corrected chi connectivity index (χ4v) is 7.97. The van der Waals surface area contributed by atoms with Crippen molar-refractivity contribution in [2.75, 3.05) is 15.1 Å². The number of rotatable bonds is 4. The Morgan fingerprint density at radius 2 is 0.923 bits per heavy atom. The summed E-state index contributed by atoms with van der Waals surface area (Å²) in [5, 5.41) is 2.83. The Labute approximate surface area is 224 Å². The third kappa shape index (κ3) is 3.02. The number of carbonyl (C=O) groups excluding carboxylic acids is 5. The lowest BCUT2D eigenvalue weighted by atomic mass is 9.85. The molecule has 2 aromatic carbocycles. The predicted molar refractivity (Wildman–Crippen MR) is 141 cm³/mol. The molecule has 8 atom stereocenters. The highest BCUT2D eigenvalue weighted by atomic mass is 16.2. The van der Waals surface area contributed by atoms with Gasteiger partial charge in [0, 0.05) is 11.3 Å². The maximum absolute atomic E-state index is 13.0. The van der Waals surface area contributed by atoms with Gasteiger partial charge in [-0.2, -0.15) is 0 Å². The van der Waals surface area contributed by atoms with E-state index in [9.17, 15) is 24.0 Å². The molecule has 0 aromatic heterocycles. The summed E-state index contributed by atoms with van der Waals surface area (Å²) in [5.74, 6) is -1.38. The minimum Gasteiger partial charge on any atom is -0.322 e. The van der Waals surface area contributed by atoms with E-state index in [-0.39, 0.29) is 76.9 Å². The molecule has 5 amide bonds. The fourth-order valence-electron chi connectivity index (χ4n) is 7.97. The van der Waals surface area contributed by atoms with Crippen LogP contribution in [0.5, 0.6) is 0 Å². The van der Waals surface area contributed by atoms with Crippen LogP contribution in [0, 0.1) is 47.3 Å². The number of carbonyl (C=O) groups is 5. The first-order valence-corrected chi connectivity index (χ1v) is 13.5. The monoisotopic (exact) mass is 519 g/mol. The summed E-state index contributed by atoms with van der Waals surface area (Å²) < 4.78 is 0. The summed E-state index contributed by atoms with van der Waals surface area (Å²) in [4.78, 5) is 67.6. The lowest BCUT2D eigenvalue weighted by Gasteiger charge is -2.18. The van der Waals surface area contributed by atoms with Crippen molar-refractivity contribution in [1.29, 1.82) is 0 Å². The molecule has 2 aromatic rings. The molecule has 8 heteroatoms. The van der Waals surface area contributed by atoms with Gasteiger partial charge in [-0.15, -0.1) is 0 Å². The maximum atomic E-state index is 13.0. The van der Waals surface area contributed by atoms with Gasteiger partial charge in [0.05, 0.1) is 35.0 Å². The Morgan fingerprint density at radius 1 is 0.564 bits per heavy atom. The molecule has 2 saturated heterocycles. The third-order valence-corrected chi connectivity index (χ3v) is 9.71. The molecule has 194 valence electrons. The largest absolute Gasteiger partial charge is 0.322 e. The predicted octanol–water partition coefficient (Wildman–Crippen LogP) is 3.56. The van der Waals surface area contributed by atoms with Gasteiger partial charge in [-0.05, 0) is 85.0 Å². The van der Waals surface area contributed by atoms with E-state index >= 15 is 0 Å². The van der Waals surface area contributed by atoms with Crippen molar-refractivity contribution in [3.8, 4) is 0 Å². The molecule has 8 rings (SSSR count).